The molecule has 0 atom stereocenters. The molecule has 0 saturated heterocycles. The molecule has 9 heteroatoms. The molecule has 0 aliphatic carbocycles. The van der Waals surface area contributed by atoms with Crippen molar-refractivity contribution in [1.29, 1.82) is 0 Å². The van der Waals surface area contributed by atoms with Gasteiger partial charge in [-0.15, -0.1) is 0 Å². The number of rotatable bonds is 5. The average molecular weight is 427 g/mol. The zero-order valence-corrected chi connectivity index (χ0v) is 17.0. The summed E-state index contributed by atoms with van der Waals surface area (Å²) in [4.78, 5) is 39.3. The number of amides is 1. The topological polar surface area (TPSA) is 117 Å². The second-order valence-electron chi connectivity index (χ2n) is 6.46. The molecule has 0 unspecified atom stereocenters. The molecule has 0 saturated carbocycles. The SMILES string of the molecule is CC/C(=N/NC(=O)c1ccccc1Cl)c1c(O)n(-c2ccc(C)cc2)c(=O)[nH]c1=O. The molecular formula is C21H19ClN4O4. The molecule has 30 heavy (non-hydrogen) atoms. The highest BCUT2D eigenvalue weighted by Gasteiger charge is 2.20. The van der Waals surface area contributed by atoms with Crippen LogP contribution in [0.4, 0.5) is 0 Å². The second kappa shape index (κ2) is 8.79. The van der Waals surface area contributed by atoms with E-state index in [9.17, 15) is 19.5 Å². The molecule has 1 aromatic heterocycles. The molecule has 0 bridgehead atoms. The molecule has 0 spiro atoms. The molecule has 3 rings (SSSR count). The molecule has 3 N–H and O–H groups in total. The Balaban J connectivity index is 2.05. The number of hydrazone groups is 1. The van der Waals surface area contributed by atoms with Crippen LogP contribution in [0.15, 0.2) is 63.2 Å². The first-order chi connectivity index (χ1) is 14.3. The number of aryl methyl sites for hydroxylation is 1. The van der Waals surface area contributed by atoms with Crippen molar-refractivity contribution in [3.8, 4) is 11.6 Å². The largest absolute Gasteiger partial charge is 0.493 e. The predicted molar refractivity (Wildman–Crippen MR) is 115 cm³/mol. The standard InChI is InChI=1S/C21H19ClN4O4/c1-3-16(24-25-18(27)14-6-4-5-7-15(14)22)17-19(28)23-21(30)26(20(17)29)13-10-8-12(2)9-11-13/h4-11,29H,3H2,1-2H3,(H,25,27)(H,23,28,30)/b24-16-. The van der Waals surface area contributed by atoms with E-state index in [0.717, 1.165) is 10.1 Å². The minimum Gasteiger partial charge on any atom is -0.493 e. The van der Waals surface area contributed by atoms with Gasteiger partial charge in [0.1, 0.15) is 5.56 Å². The highest BCUT2D eigenvalue weighted by Crippen LogP contribution is 2.19. The normalized spacial score (nSPS) is 11.4. The molecule has 1 heterocycles. The molecule has 0 aliphatic rings. The van der Waals surface area contributed by atoms with Crippen LogP contribution in [0.2, 0.25) is 5.02 Å². The second-order valence-corrected chi connectivity index (χ2v) is 6.87. The fourth-order valence-corrected chi connectivity index (χ4v) is 3.08. The molecule has 8 nitrogen and oxygen atoms in total. The van der Waals surface area contributed by atoms with Gasteiger partial charge >= 0.3 is 5.69 Å². The fourth-order valence-electron chi connectivity index (χ4n) is 2.85. The van der Waals surface area contributed by atoms with E-state index in [-0.39, 0.29) is 28.3 Å². The fraction of sp³-hybridized carbons (Fsp3) is 0.143. The number of hydrogen-bond donors (Lipinski definition) is 3. The van der Waals surface area contributed by atoms with Gasteiger partial charge in [-0.3, -0.25) is 14.6 Å². The number of carbonyl (C=O) groups is 1. The van der Waals surface area contributed by atoms with E-state index in [1.807, 2.05) is 6.92 Å². The Hall–Kier alpha value is -3.65. The lowest BCUT2D eigenvalue weighted by Gasteiger charge is -2.12. The number of aromatic amines is 1. The van der Waals surface area contributed by atoms with Crippen LogP contribution in [0.3, 0.4) is 0 Å². The number of carbonyl (C=O) groups excluding carboxylic acids is 1. The summed E-state index contributed by atoms with van der Waals surface area (Å²) in [5.74, 6) is -1.14. The quantitative estimate of drug-likeness (QED) is 0.429. The number of aromatic nitrogens is 2. The van der Waals surface area contributed by atoms with Gasteiger partial charge in [-0.1, -0.05) is 48.4 Å². The first-order valence-electron chi connectivity index (χ1n) is 9.10. The van der Waals surface area contributed by atoms with E-state index in [0.29, 0.717) is 5.69 Å². The molecule has 154 valence electrons. The van der Waals surface area contributed by atoms with Crippen LogP contribution < -0.4 is 16.7 Å². The minimum atomic E-state index is -0.812. The third kappa shape index (κ3) is 4.18. The zero-order chi connectivity index (χ0) is 21.8. The summed E-state index contributed by atoms with van der Waals surface area (Å²) in [6.45, 7) is 3.58. The maximum Gasteiger partial charge on any atom is 0.335 e. The number of nitrogens with zero attached hydrogens (tertiary/aromatic N) is 2. The van der Waals surface area contributed by atoms with Crippen LogP contribution in [0.25, 0.3) is 5.69 Å². The summed E-state index contributed by atoms with van der Waals surface area (Å²) in [5.41, 5.74) is 2.16. The van der Waals surface area contributed by atoms with Crippen molar-refractivity contribution in [1.82, 2.24) is 15.0 Å². The van der Waals surface area contributed by atoms with Crippen LogP contribution in [0.1, 0.15) is 34.8 Å². The molecule has 0 aliphatic heterocycles. The van der Waals surface area contributed by atoms with E-state index < -0.39 is 23.0 Å². The van der Waals surface area contributed by atoms with Crippen molar-refractivity contribution in [3.63, 3.8) is 0 Å². The van der Waals surface area contributed by atoms with Crippen molar-refractivity contribution in [3.05, 3.63) is 91.1 Å². The van der Waals surface area contributed by atoms with Crippen molar-refractivity contribution in [2.45, 2.75) is 20.3 Å². The molecule has 3 aromatic rings. The first-order valence-corrected chi connectivity index (χ1v) is 9.48. The van der Waals surface area contributed by atoms with Gasteiger partial charge in [-0.25, -0.2) is 14.8 Å². The van der Waals surface area contributed by atoms with Crippen LogP contribution in [-0.4, -0.2) is 26.3 Å². The number of halogens is 1. The molecule has 1 amide bonds. The summed E-state index contributed by atoms with van der Waals surface area (Å²) in [6, 6.07) is 13.2. The average Bonchev–Trinajstić information content (AvgIpc) is 2.71. The lowest BCUT2D eigenvalue weighted by atomic mass is 10.1. The van der Waals surface area contributed by atoms with E-state index >= 15 is 0 Å². The Morgan fingerprint density at radius 1 is 1.17 bits per heavy atom. The van der Waals surface area contributed by atoms with Gasteiger partial charge in [-0.2, -0.15) is 5.10 Å². The minimum absolute atomic E-state index is 0.0926. The van der Waals surface area contributed by atoms with Crippen LogP contribution in [0, 0.1) is 6.92 Å². The number of hydrogen-bond acceptors (Lipinski definition) is 5. The number of H-pyrrole nitrogens is 1. The Morgan fingerprint density at radius 2 is 1.83 bits per heavy atom. The number of aromatic hydroxyl groups is 1. The highest BCUT2D eigenvalue weighted by atomic mass is 35.5. The van der Waals surface area contributed by atoms with Crippen LogP contribution in [-0.2, 0) is 0 Å². The van der Waals surface area contributed by atoms with Crippen molar-refractivity contribution < 1.29 is 9.90 Å². The van der Waals surface area contributed by atoms with E-state index in [1.54, 1.807) is 49.4 Å². The van der Waals surface area contributed by atoms with Gasteiger partial charge in [0.2, 0.25) is 5.88 Å². The summed E-state index contributed by atoms with van der Waals surface area (Å²) < 4.78 is 0.969. The van der Waals surface area contributed by atoms with Gasteiger partial charge in [0.15, 0.2) is 0 Å². The van der Waals surface area contributed by atoms with Gasteiger partial charge in [0, 0.05) is 0 Å². The van der Waals surface area contributed by atoms with Gasteiger partial charge < -0.3 is 5.11 Å². The Bertz CT molecular complexity index is 1240. The first kappa shape index (κ1) is 21.1. The van der Waals surface area contributed by atoms with Gasteiger partial charge in [0.05, 0.1) is 22.0 Å². The third-order valence-corrected chi connectivity index (χ3v) is 4.74. The van der Waals surface area contributed by atoms with Gasteiger partial charge in [0.25, 0.3) is 11.5 Å². The van der Waals surface area contributed by atoms with Crippen molar-refractivity contribution in [2.75, 3.05) is 0 Å². The van der Waals surface area contributed by atoms with Crippen LogP contribution >= 0.6 is 11.6 Å². The lowest BCUT2D eigenvalue weighted by Crippen LogP contribution is -2.34. The third-order valence-electron chi connectivity index (χ3n) is 4.41. The monoisotopic (exact) mass is 426 g/mol. The van der Waals surface area contributed by atoms with Gasteiger partial charge in [-0.05, 0) is 37.6 Å². The molecule has 0 fully saturated rings. The summed E-state index contributed by atoms with van der Waals surface area (Å²) in [5, 5.41) is 15.0. The van der Waals surface area contributed by atoms with Crippen molar-refractivity contribution >= 4 is 23.2 Å². The zero-order valence-electron chi connectivity index (χ0n) is 16.3. The lowest BCUT2D eigenvalue weighted by molar-refractivity contribution is 0.0955. The Labute approximate surface area is 176 Å². The maximum absolute atomic E-state index is 12.4. The summed E-state index contributed by atoms with van der Waals surface area (Å²) in [7, 11) is 0. The highest BCUT2D eigenvalue weighted by molar-refractivity contribution is 6.33. The maximum atomic E-state index is 12.4. The summed E-state index contributed by atoms with van der Waals surface area (Å²) >= 11 is 6.01. The number of benzene rings is 2. The Kier molecular flexibility index (Phi) is 6.17. The molecule has 2 aromatic carbocycles. The van der Waals surface area contributed by atoms with E-state index in [4.69, 9.17) is 11.6 Å². The predicted octanol–water partition coefficient (Wildman–Crippen LogP) is 2.74. The van der Waals surface area contributed by atoms with Crippen molar-refractivity contribution in [2.24, 2.45) is 5.10 Å². The van der Waals surface area contributed by atoms with Crippen LogP contribution in [0.5, 0.6) is 5.88 Å². The smallest absolute Gasteiger partial charge is 0.335 e. The Morgan fingerprint density at radius 3 is 2.47 bits per heavy atom. The molecule has 0 radical (unpaired) electrons. The molecular weight excluding hydrogens is 408 g/mol. The van der Waals surface area contributed by atoms with E-state index in [2.05, 4.69) is 15.5 Å². The number of nitrogens with one attached hydrogen (secondary N) is 2. The van der Waals surface area contributed by atoms with E-state index in [1.165, 1.54) is 6.07 Å². The summed E-state index contributed by atoms with van der Waals surface area (Å²) in [6.07, 6.45) is 0.200.